The van der Waals surface area contributed by atoms with Gasteiger partial charge in [0.25, 0.3) is 10.0 Å². The maximum absolute atomic E-state index is 12.4. The Kier molecular flexibility index (Phi) is 4.30. The molecule has 0 amide bonds. The van der Waals surface area contributed by atoms with Gasteiger partial charge in [-0.1, -0.05) is 15.9 Å². The van der Waals surface area contributed by atoms with Crippen LogP contribution in [-0.4, -0.2) is 8.42 Å². The van der Waals surface area contributed by atoms with Crippen molar-refractivity contribution in [3.05, 3.63) is 51.5 Å². The molecule has 0 spiro atoms. The molecule has 4 nitrogen and oxygen atoms in total. The highest BCUT2D eigenvalue weighted by molar-refractivity contribution is 9.10. The van der Waals surface area contributed by atoms with Gasteiger partial charge in [0, 0.05) is 15.8 Å². The molecule has 2 aromatic rings. The minimum absolute atomic E-state index is 0.170. The summed E-state index contributed by atoms with van der Waals surface area (Å²) in [5.41, 5.74) is 9.55. The van der Waals surface area contributed by atoms with Crippen LogP contribution < -0.4 is 10.5 Å². The van der Waals surface area contributed by atoms with Gasteiger partial charge in [-0.15, -0.1) is 0 Å². The minimum Gasteiger partial charge on any atom is -0.398 e. The second-order valence-corrected chi connectivity index (χ2v) is 7.56. The molecule has 0 bridgehead atoms. The third kappa shape index (κ3) is 3.39. The number of rotatable bonds is 3. The lowest BCUT2D eigenvalue weighted by Gasteiger charge is -2.12. The van der Waals surface area contributed by atoms with E-state index in [9.17, 15) is 8.42 Å². The summed E-state index contributed by atoms with van der Waals surface area (Å²) in [7, 11) is -3.65. The topological polar surface area (TPSA) is 72.2 Å². The highest BCUT2D eigenvalue weighted by atomic mass is 79.9. The molecule has 0 aliphatic carbocycles. The third-order valence-electron chi connectivity index (χ3n) is 3.40. The van der Waals surface area contributed by atoms with Crippen LogP contribution in [0, 0.1) is 20.8 Å². The van der Waals surface area contributed by atoms with Crippen molar-refractivity contribution in [3.8, 4) is 0 Å². The van der Waals surface area contributed by atoms with Crippen LogP contribution in [0.15, 0.2) is 39.7 Å². The maximum Gasteiger partial charge on any atom is 0.261 e. The number of hydrogen-bond donors (Lipinski definition) is 2. The van der Waals surface area contributed by atoms with Gasteiger partial charge >= 0.3 is 0 Å². The first kappa shape index (κ1) is 15.9. The van der Waals surface area contributed by atoms with Crippen LogP contribution in [0.5, 0.6) is 0 Å². The van der Waals surface area contributed by atoms with Gasteiger partial charge in [-0.05, 0) is 67.8 Å². The van der Waals surface area contributed by atoms with Crippen molar-refractivity contribution in [3.63, 3.8) is 0 Å². The zero-order valence-corrected chi connectivity index (χ0v) is 14.5. The smallest absolute Gasteiger partial charge is 0.261 e. The molecule has 0 radical (unpaired) electrons. The van der Waals surface area contributed by atoms with Crippen molar-refractivity contribution in [1.82, 2.24) is 0 Å². The van der Waals surface area contributed by atoms with E-state index in [1.807, 2.05) is 26.8 Å². The monoisotopic (exact) mass is 368 g/mol. The first-order chi connectivity index (χ1) is 9.70. The maximum atomic E-state index is 12.4. The second kappa shape index (κ2) is 5.69. The van der Waals surface area contributed by atoms with E-state index >= 15 is 0 Å². The first-order valence-electron chi connectivity index (χ1n) is 6.36. The summed E-state index contributed by atoms with van der Waals surface area (Å²) in [5, 5.41) is 0. The molecule has 0 aliphatic rings. The van der Waals surface area contributed by atoms with Crippen molar-refractivity contribution >= 4 is 37.3 Å². The lowest BCUT2D eigenvalue weighted by Crippen LogP contribution is -2.14. The molecule has 0 saturated heterocycles. The second-order valence-electron chi connectivity index (χ2n) is 5.02. The Labute approximate surface area is 133 Å². The van der Waals surface area contributed by atoms with Crippen LogP contribution in [0.4, 0.5) is 11.4 Å². The van der Waals surface area contributed by atoms with Gasteiger partial charge in [0.15, 0.2) is 0 Å². The lowest BCUT2D eigenvalue weighted by molar-refractivity contribution is 0.601. The Balaban J connectivity index is 2.40. The van der Waals surface area contributed by atoms with Crippen LogP contribution in [-0.2, 0) is 10.0 Å². The summed E-state index contributed by atoms with van der Waals surface area (Å²) < 4.78 is 28.4. The summed E-state index contributed by atoms with van der Waals surface area (Å²) in [6, 6.07) is 8.39. The van der Waals surface area contributed by atoms with Crippen molar-refractivity contribution in [2.24, 2.45) is 0 Å². The van der Waals surface area contributed by atoms with Crippen molar-refractivity contribution in [1.29, 1.82) is 0 Å². The Morgan fingerprint density at radius 2 is 1.71 bits per heavy atom. The Bertz CT molecular complexity index is 778. The van der Waals surface area contributed by atoms with E-state index < -0.39 is 10.0 Å². The molecule has 0 aromatic heterocycles. The molecule has 2 rings (SSSR count). The van der Waals surface area contributed by atoms with Crippen LogP contribution in [0.3, 0.4) is 0 Å². The Morgan fingerprint density at radius 3 is 2.29 bits per heavy atom. The molecule has 3 N–H and O–H groups in total. The highest BCUT2D eigenvalue weighted by Gasteiger charge is 2.16. The first-order valence-corrected chi connectivity index (χ1v) is 8.64. The largest absolute Gasteiger partial charge is 0.398 e. The van der Waals surface area contributed by atoms with Crippen molar-refractivity contribution in [2.45, 2.75) is 25.7 Å². The van der Waals surface area contributed by atoms with Gasteiger partial charge in [-0.2, -0.15) is 0 Å². The number of anilines is 2. The van der Waals surface area contributed by atoms with E-state index in [2.05, 4.69) is 20.7 Å². The Hall–Kier alpha value is -1.53. The summed E-state index contributed by atoms with van der Waals surface area (Å²) in [6.45, 7) is 5.61. The molecule has 112 valence electrons. The van der Waals surface area contributed by atoms with Gasteiger partial charge in [0.05, 0.1) is 4.90 Å². The van der Waals surface area contributed by atoms with Gasteiger partial charge in [-0.3, -0.25) is 4.72 Å². The number of sulfonamides is 1. The molecule has 21 heavy (non-hydrogen) atoms. The molecule has 0 unspecified atom stereocenters. The average Bonchev–Trinajstić information content (AvgIpc) is 2.39. The predicted molar refractivity (Wildman–Crippen MR) is 90.0 cm³/mol. The minimum atomic E-state index is -3.65. The standard InChI is InChI=1S/C15H17BrN2O2S/c1-9-7-13(8-15(17)11(9)3)21(19,20)18-12-4-5-14(16)10(2)6-12/h4-8,18H,17H2,1-3H3. The quantitative estimate of drug-likeness (QED) is 0.810. The number of halogens is 1. The van der Waals surface area contributed by atoms with E-state index in [4.69, 9.17) is 5.73 Å². The van der Waals surface area contributed by atoms with Crippen LogP contribution in [0.1, 0.15) is 16.7 Å². The molecule has 0 saturated carbocycles. The fourth-order valence-corrected chi connectivity index (χ4v) is 3.35. The molecule has 0 aliphatic heterocycles. The SMILES string of the molecule is Cc1cc(NS(=O)(=O)c2cc(C)c(C)c(N)c2)ccc1Br. The molecule has 0 heterocycles. The summed E-state index contributed by atoms with van der Waals surface area (Å²) in [6.07, 6.45) is 0. The molecule has 6 heteroatoms. The Morgan fingerprint density at radius 1 is 1.05 bits per heavy atom. The molecule has 0 atom stereocenters. The molecular weight excluding hydrogens is 352 g/mol. The average molecular weight is 369 g/mol. The molecule has 2 aromatic carbocycles. The van der Waals surface area contributed by atoms with Crippen LogP contribution >= 0.6 is 15.9 Å². The van der Waals surface area contributed by atoms with Gasteiger partial charge in [0.1, 0.15) is 0 Å². The summed E-state index contributed by atoms with van der Waals surface area (Å²) in [5.74, 6) is 0. The zero-order chi connectivity index (χ0) is 15.8. The predicted octanol–water partition coefficient (Wildman–Crippen LogP) is 3.76. The number of nitrogens with one attached hydrogen (secondary N) is 1. The van der Waals surface area contributed by atoms with Gasteiger partial charge in [-0.25, -0.2) is 8.42 Å². The zero-order valence-electron chi connectivity index (χ0n) is 12.1. The summed E-state index contributed by atoms with van der Waals surface area (Å²) in [4.78, 5) is 0.170. The van der Waals surface area contributed by atoms with E-state index in [0.29, 0.717) is 11.4 Å². The van der Waals surface area contributed by atoms with Crippen LogP contribution in [0.2, 0.25) is 0 Å². The van der Waals surface area contributed by atoms with E-state index in [-0.39, 0.29) is 4.90 Å². The number of hydrogen-bond acceptors (Lipinski definition) is 3. The van der Waals surface area contributed by atoms with E-state index in [1.54, 1.807) is 18.2 Å². The number of benzene rings is 2. The lowest BCUT2D eigenvalue weighted by atomic mass is 10.1. The fourth-order valence-electron chi connectivity index (χ4n) is 1.93. The van der Waals surface area contributed by atoms with Crippen molar-refractivity contribution < 1.29 is 8.42 Å². The molecule has 0 fully saturated rings. The normalized spacial score (nSPS) is 11.4. The van der Waals surface area contributed by atoms with Crippen LogP contribution in [0.25, 0.3) is 0 Å². The fraction of sp³-hybridized carbons (Fsp3) is 0.200. The van der Waals surface area contributed by atoms with E-state index in [0.717, 1.165) is 21.2 Å². The van der Waals surface area contributed by atoms with Gasteiger partial charge < -0.3 is 5.73 Å². The molecular formula is C15H17BrN2O2S. The van der Waals surface area contributed by atoms with Crippen molar-refractivity contribution in [2.75, 3.05) is 10.5 Å². The highest BCUT2D eigenvalue weighted by Crippen LogP contribution is 2.25. The number of nitrogens with two attached hydrogens (primary N) is 1. The van der Waals surface area contributed by atoms with Gasteiger partial charge in [0.2, 0.25) is 0 Å². The number of nitrogen functional groups attached to an aromatic ring is 1. The summed E-state index contributed by atoms with van der Waals surface area (Å²) >= 11 is 3.39. The third-order valence-corrected chi connectivity index (χ3v) is 5.65. The number of aryl methyl sites for hydroxylation is 2. The van der Waals surface area contributed by atoms with E-state index in [1.165, 1.54) is 6.07 Å².